The lowest BCUT2D eigenvalue weighted by Gasteiger charge is -2.09. The fraction of sp³-hybridized carbons (Fsp3) is 0.154. The third-order valence-corrected chi connectivity index (χ3v) is 3.16. The average molecular weight is 410 g/mol. The quantitative estimate of drug-likeness (QED) is 0.661. The third kappa shape index (κ3) is 4.42. The number of hydrogen-bond donors (Lipinski definition) is 1. The van der Waals surface area contributed by atoms with Crippen LogP contribution in [0, 0.1) is 0 Å². The summed E-state index contributed by atoms with van der Waals surface area (Å²) >= 11 is 5.71. The van der Waals surface area contributed by atoms with E-state index in [2.05, 4.69) is 30.4 Å². The van der Waals surface area contributed by atoms with Gasteiger partial charge in [0.05, 0.1) is 0 Å². The van der Waals surface area contributed by atoms with Gasteiger partial charge in [-0.25, -0.2) is 4.68 Å². The van der Waals surface area contributed by atoms with Crippen LogP contribution in [-0.2, 0) is 12.4 Å². The van der Waals surface area contributed by atoms with Crippen molar-refractivity contribution in [3.05, 3.63) is 47.3 Å². The largest absolute Gasteiger partial charge is 0.435 e. The second-order valence-corrected chi connectivity index (χ2v) is 5.26. The predicted octanol–water partition coefficient (Wildman–Crippen LogP) is 3.89. The third-order valence-electron chi connectivity index (χ3n) is 2.99. The Morgan fingerprint density at radius 1 is 0.926 bits per heavy atom. The Hall–Kier alpha value is -2.96. The fourth-order valence-electron chi connectivity index (χ4n) is 1.88. The Morgan fingerprint density at radius 3 is 2.26 bits per heavy atom. The smallest absolute Gasteiger partial charge is 0.324 e. The molecule has 27 heavy (non-hydrogen) atoms. The first kappa shape index (κ1) is 18.8. The minimum atomic E-state index is -4.67. The SMILES string of the molecule is FC(F)(F)c1cc(Nc2nc(Cl)nc(-n3ccc(C(F)(F)F)n3)n2)ccn1. The maximum Gasteiger partial charge on any atom is 0.435 e. The Bertz CT molecular complexity index is 968. The van der Waals surface area contributed by atoms with Crippen LogP contribution in [-0.4, -0.2) is 29.7 Å². The highest BCUT2D eigenvalue weighted by Crippen LogP contribution is 2.30. The van der Waals surface area contributed by atoms with Crippen molar-refractivity contribution in [2.24, 2.45) is 0 Å². The first-order valence-corrected chi connectivity index (χ1v) is 7.25. The van der Waals surface area contributed by atoms with E-state index >= 15 is 0 Å². The molecule has 142 valence electrons. The van der Waals surface area contributed by atoms with Gasteiger partial charge in [0.1, 0.15) is 5.69 Å². The molecule has 3 aromatic heterocycles. The minimum Gasteiger partial charge on any atom is -0.324 e. The average Bonchev–Trinajstić information content (AvgIpc) is 3.04. The molecule has 0 aliphatic carbocycles. The van der Waals surface area contributed by atoms with E-state index in [-0.39, 0.29) is 17.6 Å². The monoisotopic (exact) mass is 409 g/mol. The number of alkyl halides is 6. The molecule has 0 saturated carbocycles. The van der Waals surface area contributed by atoms with Crippen LogP contribution in [0.3, 0.4) is 0 Å². The molecule has 3 aromatic rings. The molecule has 7 nitrogen and oxygen atoms in total. The molecule has 1 N–H and O–H groups in total. The summed E-state index contributed by atoms with van der Waals surface area (Å²) < 4.78 is 76.7. The van der Waals surface area contributed by atoms with E-state index < -0.39 is 29.0 Å². The number of halogens is 7. The second-order valence-electron chi connectivity index (χ2n) is 4.92. The van der Waals surface area contributed by atoms with E-state index in [1.165, 1.54) is 6.07 Å². The van der Waals surface area contributed by atoms with E-state index in [9.17, 15) is 26.3 Å². The van der Waals surface area contributed by atoms with E-state index in [1.54, 1.807) is 0 Å². The Labute approximate surface area is 151 Å². The summed E-state index contributed by atoms with van der Waals surface area (Å²) in [5, 5.41) is 5.33. The van der Waals surface area contributed by atoms with Gasteiger partial charge < -0.3 is 5.32 Å². The van der Waals surface area contributed by atoms with Crippen molar-refractivity contribution in [1.82, 2.24) is 29.7 Å². The lowest BCUT2D eigenvalue weighted by atomic mass is 10.3. The van der Waals surface area contributed by atoms with Crippen molar-refractivity contribution < 1.29 is 26.3 Å². The van der Waals surface area contributed by atoms with Crippen molar-refractivity contribution in [3.8, 4) is 5.95 Å². The zero-order chi connectivity index (χ0) is 19.8. The lowest BCUT2D eigenvalue weighted by Crippen LogP contribution is -2.11. The summed E-state index contributed by atoms with van der Waals surface area (Å²) in [6.45, 7) is 0. The van der Waals surface area contributed by atoms with Crippen LogP contribution in [0.2, 0.25) is 5.28 Å². The summed E-state index contributed by atoms with van der Waals surface area (Å²) in [5.41, 5.74) is -2.41. The van der Waals surface area contributed by atoms with E-state index in [1.807, 2.05) is 0 Å². The van der Waals surface area contributed by atoms with Gasteiger partial charge in [0.15, 0.2) is 5.69 Å². The molecule has 0 amide bonds. The number of nitrogens with one attached hydrogen (secondary N) is 1. The molecule has 14 heteroatoms. The minimum absolute atomic E-state index is 0.0676. The summed E-state index contributed by atoms with van der Waals surface area (Å²) in [4.78, 5) is 14.3. The molecule has 0 radical (unpaired) electrons. The zero-order valence-corrected chi connectivity index (χ0v) is 13.5. The molecule has 0 saturated heterocycles. The molecule has 0 aliphatic rings. The summed E-state index contributed by atoms with van der Waals surface area (Å²) in [7, 11) is 0. The first-order chi connectivity index (χ1) is 12.5. The van der Waals surface area contributed by atoms with Gasteiger partial charge in [-0.05, 0) is 29.8 Å². The molecule has 0 bridgehead atoms. The molecule has 0 atom stereocenters. The topological polar surface area (TPSA) is 81.4 Å². The number of nitrogens with zero attached hydrogens (tertiary/aromatic N) is 6. The van der Waals surface area contributed by atoms with Crippen LogP contribution < -0.4 is 5.32 Å². The predicted molar refractivity (Wildman–Crippen MR) is 79.5 cm³/mol. The number of rotatable bonds is 3. The highest BCUT2D eigenvalue weighted by atomic mass is 35.5. The Kier molecular flexibility index (Phi) is 4.63. The molecule has 3 rings (SSSR count). The highest BCUT2D eigenvalue weighted by molar-refractivity contribution is 6.28. The lowest BCUT2D eigenvalue weighted by molar-refractivity contribution is -0.142. The van der Waals surface area contributed by atoms with Crippen LogP contribution >= 0.6 is 11.6 Å². The molecular formula is C13H6ClF6N7. The van der Waals surface area contributed by atoms with Crippen molar-refractivity contribution in [2.75, 3.05) is 5.32 Å². The van der Waals surface area contributed by atoms with Gasteiger partial charge in [-0.2, -0.15) is 46.4 Å². The van der Waals surface area contributed by atoms with E-state index in [0.29, 0.717) is 16.8 Å². The van der Waals surface area contributed by atoms with Crippen molar-refractivity contribution >= 4 is 23.2 Å². The van der Waals surface area contributed by atoms with Gasteiger partial charge in [0, 0.05) is 18.1 Å². The number of aromatic nitrogens is 6. The number of anilines is 2. The first-order valence-electron chi connectivity index (χ1n) is 6.87. The van der Waals surface area contributed by atoms with Gasteiger partial charge >= 0.3 is 12.4 Å². The summed E-state index contributed by atoms with van der Waals surface area (Å²) in [5.74, 6) is -0.661. The standard InChI is InChI=1S/C13H6ClF6N7/c14-9-23-10(22-6-1-3-21-8(5-6)13(18,19)20)25-11(24-9)27-4-2-7(26-27)12(15,16)17/h1-5H,(H,21,22,23,24,25). The Balaban J connectivity index is 1.91. The molecule has 0 spiro atoms. The van der Waals surface area contributed by atoms with Gasteiger partial charge in [-0.1, -0.05) is 0 Å². The molecule has 3 heterocycles. The van der Waals surface area contributed by atoms with Gasteiger partial charge in [0.25, 0.3) is 5.95 Å². The van der Waals surface area contributed by atoms with Crippen molar-refractivity contribution in [1.29, 1.82) is 0 Å². The zero-order valence-electron chi connectivity index (χ0n) is 12.7. The van der Waals surface area contributed by atoms with Crippen molar-refractivity contribution in [2.45, 2.75) is 12.4 Å². The maximum atomic E-state index is 12.7. The molecule has 0 aliphatic heterocycles. The Morgan fingerprint density at radius 2 is 1.63 bits per heavy atom. The van der Waals surface area contributed by atoms with Crippen LogP contribution in [0.4, 0.5) is 38.0 Å². The normalized spacial score (nSPS) is 12.3. The molecule has 0 fully saturated rings. The molecule has 0 aromatic carbocycles. The summed E-state index contributed by atoms with van der Waals surface area (Å²) in [6.07, 6.45) is -7.47. The van der Waals surface area contributed by atoms with Gasteiger partial charge in [0.2, 0.25) is 11.2 Å². The van der Waals surface area contributed by atoms with E-state index in [0.717, 1.165) is 12.4 Å². The van der Waals surface area contributed by atoms with Crippen LogP contribution in [0.25, 0.3) is 5.95 Å². The maximum absolute atomic E-state index is 12.7. The molecular weight excluding hydrogens is 404 g/mol. The molecule has 0 unspecified atom stereocenters. The summed E-state index contributed by atoms with van der Waals surface area (Å²) in [6, 6.07) is 2.61. The van der Waals surface area contributed by atoms with Crippen LogP contribution in [0.5, 0.6) is 0 Å². The van der Waals surface area contributed by atoms with Crippen LogP contribution in [0.1, 0.15) is 11.4 Å². The van der Waals surface area contributed by atoms with Crippen molar-refractivity contribution in [3.63, 3.8) is 0 Å². The highest BCUT2D eigenvalue weighted by Gasteiger charge is 2.34. The number of hydrogen-bond acceptors (Lipinski definition) is 6. The second kappa shape index (κ2) is 6.64. The van der Waals surface area contributed by atoms with E-state index in [4.69, 9.17) is 11.6 Å². The number of pyridine rings is 1. The van der Waals surface area contributed by atoms with Gasteiger partial charge in [-0.15, -0.1) is 0 Å². The fourth-order valence-corrected chi connectivity index (χ4v) is 2.03. The van der Waals surface area contributed by atoms with Gasteiger partial charge in [-0.3, -0.25) is 4.98 Å². The van der Waals surface area contributed by atoms with Crippen LogP contribution in [0.15, 0.2) is 30.6 Å².